The molecule has 39 heavy (non-hydrogen) atoms. The van der Waals surface area contributed by atoms with Gasteiger partial charge < -0.3 is 4.74 Å². The van der Waals surface area contributed by atoms with Crippen LogP contribution in [-0.2, 0) is 0 Å². The molecule has 0 fully saturated rings. The lowest BCUT2D eigenvalue weighted by atomic mass is 10.2. The fraction of sp³-hybridized carbons (Fsp3) is 0. The van der Waals surface area contributed by atoms with Crippen molar-refractivity contribution >= 4 is 47.3 Å². The highest BCUT2D eigenvalue weighted by Gasteiger charge is 2.03. The standard InChI is InChI=1S/C30H22N4O5/c35-33(36)27-13-5-23(6-14-27)3-1-21-31-25-9-17-29(18-10-25)39-30-19-11-26(12-20-30)32-22-2-4-24-7-15-28(16-8-24)34(37)38/h1-22H. The summed E-state index contributed by atoms with van der Waals surface area (Å²) in [6.45, 7) is 0. The van der Waals surface area contributed by atoms with Gasteiger partial charge >= 0.3 is 0 Å². The van der Waals surface area contributed by atoms with Gasteiger partial charge in [-0.05, 0) is 96.1 Å². The molecule has 0 saturated heterocycles. The van der Waals surface area contributed by atoms with E-state index < -0.39 is 9.85 Å². The van der Waals surface area contributed by atoms with Crippen LogP contribution in [0, 0.1) is 20.2 Å². The molecule has 4 aromatic rings. The van der Waals surface area contributed by atoms with E-state index in [1.807, 2.05) is 60.7 Å². The summed E-state index contributed by atoms with van der Waals surface area (Å²) in [6.07, 6.45) is 10.5. The first-order chi connectivity index (χ1) is 19.0. The summed E-state index contributed by atoms with van der Waals surface area (Å²) >= 11 is 0. The van der Waals surface area contributed by atoms with Crippen molar-refractivity contribution in [1.29, 1.82) is 0 Å². The molecule has 192 valence electrons. The summed E-state index contributed by atoms with van der Waals surface area (Å²) in [6, 6.07) is 27.2. The minimum absolute atomic E-state index is 0.0544. The van der Waals surface area contributed by atoms with Gasteiger partial charge in [0.2, 0.25) is 0 Å². The Morgan fingerprint density at radius 2 is 0.897 bits per heavy atom. The van der Waals surface area contributed by atoms with Gasteiger partial charge in [-0.25, -0.2) is 0 Å². The molecule has 0 heterocycles. The number of aliphatic imine (C=N–C) groups is 2. The summed E-state index contributed by atoms with van der Waals surface area (Å²) in [4.78, 5) is 29.3. The molecular formula is C30H22N4O5. The maximum absolute atomic E-state index is 10.7. The lowest BCUT2D eigenvalue weighted by Crippen LogP contribution is -1.86. The molecule has 0 atom stereocenters. The Hall–Kier alpha value is -5.70. The minimum atomic E-state index is -0.430. The molecule has 0 saturated carbocycles. The van der Waals surface area contributed by atoms with Crippen LogP contribution >= 0.6 is 0 Å². The lowest BCUT2D eigenvalue weighted by molar-refractivity contribution is -0.385. The van der Waals surface area contributed by atoms with Gasteiger partial charge in [-0.3, -0.25) is 30.2 Å². The van der Waals surface area contributed by atoms with Crippen LogP contribution in [0.4, 0.5) is 22.7 Å². The van der Waals surface area contributed by atoms with Gasteiger partial charge in [-0.1, -0.05) is 12.2 Å². The topological polar surface area (TPSA) is 120 Å². The maximum Gasteiger partial charge on any atom is 0.269 e. The number of ether oxygens (including phenoxy) is 1. The fourth-order valence-corrected chi connectivity index (χ4v) is 3.32. The van der Waals surface area contributed by atoms with Crippen molar-refractivity contribution < 1.29 is 14.6 Å². The summed E-state index contributed by atoms with van der Waals surface area (Å²) in [5.41, 5.74) is 3.29. The Morgan fingerprint density at radius 1 is 0.538 bits per heavy atom. The van der Waals surface area contributed by atoms with E-state index in [0.29, 0.717) is 11.5 Å². The van der Waals surface area contributed by atoms with E-state index in [1.165, 1.54) is 24.3 Å². The van der Waals surface area contributed by atoms with Gasteiger partial charge in [0.1, 0.15) is 11.5 Å². The lowest BCUT2D eigenvalue weighted by Gasteiger charge is -2.06. The van der Waals surface area contributed by atoms with Crippen molar-refractivity contribution in [2.75, 3.05) is 0 Å². The second-order valence-corrected chi connectivity index (χ2v) is 8.06. The molecule has 0 radical (unpaired) electrons. The Balaban J connectivity index is 1.26. The predicted molar refractivity (Wildman–Crippen MR) is 154 cm³/mol. The molecule has 0 aromatic heterocycles. The summed E-state index contributed by atoms with van der Waals surface area (Å²) in [5, 5.41) is 21.4. The molecule has 0 aliphatic rings. The second kappa shape index (κ2) is 13.0. The van der Waals surface area contributed by atoms with E-state index in [2.05, 4.69) is 9.98 Å². The van der Waals surface area contributed by atoms with Crippen molar-refractivity contribution in [1.82, 2.24) is 0 Å². The quantitative estimate of drug-likeness (QED) is 0.119. The van der Waals surface area contributed by atoms with Gasteiger partial charge in [0.05, 0.1) is 21.2 Å². The monoisotopic (exact) mass is 518 g/mol. The molecule has 0 amide bonds. The van der Waals surface area contributed by atoms with Gasteiger partial charge in [-0.15, -0.1) is 0 Å². The van der Waals surface area contributed by atoms with Crippen molar-refractivity contribution in [3.05, 3.63) is 141 Å². The highest BCUT2D eigenvalue weighted by Crippen LogP contribution is 2.26. The smallest absolute Gasteiger partial charge is 0.269 e. The SMILES string of the molecule is O=[N+]([O-])c1ccc(C=CC=Nc2ccc(Oc3ccc(N=CC=Cc4ccc([N+](=O)[O-])cc4)cc3)cc2)cc1. The van der Waals surface area contributed by atoms with Crippen molar-refractivity contribution in [3.63, 3.8) is 0 Å². The minimum Gasteiger partial charge on any atom is -0.457 e. The zero-order valence-corrected chi connectivity index (χ0v) is 20.5. The zero-order chi connectivity index (χ0) is 27.5. The number of hydrogen-bond acceptors (Lipinski definition) is 7. The average molecular weight is 519 g/mol. The molecule has 0 aliphatic carbocycles. The van der Waals surface area contributed by atoms with Crippen LogP contribution in [-0.4, -0.2) is 22.3 Å². The molecule has 9 nitrogen and oxygen atoms in total. The number of nitro benzene ring substituents is 2. The van der Waals surface area contributed by atoms with E-state index in [1.54, 1.807) is 48.8 Å². The van der Waals surface area contributed by atoms with Gasteiger partial charge in [0, 0.05) is 36.7 Å². The fourth-order valence-electron chi connectivity index (χ4n) is 3.32. The summed E-state index contributed by atoms with van der Waals surface area (Å²) in [7, 11) is 0. The van der Waals surface area contributed by atoms with Gasteiger partial charge in [0.25, 0.3) is 11.4 Å². The average Bonchev–Trinajstić information content (AvgIpc) is 2.95. The number of rotatable bonds is 10. The first-order valence-corrected chi connectivity index (χ1v) is 11.7. The van der Waals surface area contributed by atoms with E-state index in [9.17, 15) is 20.2 Å². The third kappa shape index (κ3) is 8.16. The van der Waals surface area contributed by atoms with Crippen LogP contribution in [0.25, 0.3) is 12.2 Å². The van der Waals surface area contributed by atoms with E-state index in [4.69, 9.17) is 4.74 Å². The molecular weight excluding hydrogens is 496 g/mol. The van der Waals surface area contributed by atoms with Crippen molar-refractivity contribution in [2.45, 2.75) is 0 Å². The molecule has 0 bridgehead atoms. The highest BCUT2D eigenvalue weighted by molar-refractivity contribution is 5.81. The third-order valence-electron chi connectivity index (χ3n) is 5.31. The van der Waals surface area contributed by atoms with Crippen LogP contribution in [0.1, 0.15) is 11.1 Å². The van der Waals surface area contributed by atoms with E-state index >= 15 is 0 Å². The second-order valence-electron chi connectivity index (χ2n) is 8.06. The zero-order valence-electron chi connectivity index (χ0n) is 20.5. The third-order valence-corrected chi connectivity index (χ3v) is 5.31. The van der Waals surface area contributed by atoms with Crippen LogP contribution in [0.5, 0.6) is 11.5 Å². The van der Waals surface area contributed by atoms with Gasteiger partial charge in [0.15, 0.2) is 0 Å². The van der Waals surface area contributed by atoms with Crippen LogP contribution in [0.3, 0.4) is 0 Å². The summed E-state index contributed by atoms with van der Waals surface area (Å²) in [5.74, 6) is 1.33. The number of nitrogens with zero attached hydrogens (tertiary/aromatic N) is 4. The predicted octanol–water partition coefficient (Wildman–Crippen LogP) is 8.13. The maximum atomic E-state index is 10.7. The molecule has 4 aromatic carbocycles. The van der Waals surface area contributed by atoms with Crippen LogP contribution < -0.4 is 4.74 Å². The van der Waals surface area contributed by atoms with Crippen LogP contribution in [0.2, 0.25) is 0 Å². The molecule has 4 rings (SSSR count). The normalized spacial score (nSPS) is 11.6. The Kier molecular flexibility index (Phi) is 8.80. The largest absolute Gasteiger partial charge is 0.457 e. The van der Waals surface area contributed by atoms with Crippen LogP contribution in [0.15, 0.2) is 119 Å². The van der Waals surface area contributed by atoms with Gasteiger partial charge in [-0.2, -0.15) is 0 Å². The first-order valence-electron chi connectivity index (χ1n) is 11.7. The highest BCUT2D eigenvalue weighted by atomic mass is 16.6. The van der Waals surface area contributed by atoms with Crippen molar-refractivity contribution in [3.8, 4) is 11.5 Å². The molecule has 0 aliphatic heterocycles. The summed E-state index contributed by atoms with van der Waals surface area (Å²) < 4.78 is 5.88. The molecule has 0 spiro atoms. The molecule has 0 unspecified atom stereocenters. The van der Waals surface area contributed by atoms with Crippen molar-refractivity contribution in [2.24, 2.45) is 9.98 Å². The molecule has 9 heteroatoms. The number of hydrogen-bond donors (Lipinski definition) is 0. The Bertz CT molecular complexity index is 1420. The number of allylic oxidation sites excluding steroid dienone is 2. The van der Waals surface area contributed by atoms with E-state index in [-0.39, 0.29) is 11.4 Å². The Labute approximate surface area is 224 Å². The Morgan fingerprint density at radius 3 is 1.23 bits per heavy atom. The first kappa shape index (κ1) is 26.4. The number of non-ortho nitro benzene ring substituents is 2. The number of nitro groups is 2. The number of benzene rings is 4. The molecule has 0 N–H and O–H groups in total. The van der Waals surface area contributed by atoms with E-state index in [0.717, 1.165) is 22.5 Å².